The van der Waals surface area contributed by atoms with E-state index in [0.717, 1.165) is 27.7 Å². The number of nitrogens with one attached hydrogen (secondary N) is 1. The average molecular weight is 359 g/mol. The first kappa shape index (κ1) is 12.6. The van der Waals surface area contributed by atoms with Gasteiger partial charge in [-0.05, 0) is 41.1 Å². The van der Waals surface area contributed by atoms with Gasteiger partial charge in [0.2, 0.25) is 0 Å². The number of hydrogen-bond donors (Lipinski definition) is 1. The summed E-state index contributed by atoms with van der Waals surface area (Å²) in [6.45, 7) is 3.82. The molecule has 0 aliphatic carbocycles. The van der Waals surface area contributed by atoms with Crippen molar-refractivity contribution in [2.45, 2.75) is 20.0 Å². The van der Waals surface area contributed by atoms with Gasteiger partial charge in [0.05, 0.1) is 18.6 Å². The summed E-state index contributed by atoms with van der Waals surface area (Å²) in [6, 6.07) is 6.08. The Hall–Kier alpha value is -0.810. The van der Waals surface area contributed by atoms with Gasteiger partial charge in [-0.2, -0.15) is 0 Å². The van der Waals surface area contributed by atoms with Crippen molar-refractivity contribution in [3.8, 4) is 0 Å². The Bertz CT molecular complexity index is 508. The van der Waals surface area contributed by atoms with Gasteiger partial charge < -0.3 is 9.88 Å². The Morgan fingerprint density at radius 2 is 2.18 bits per heavy atom. The second kappa shape index (κ2) is 5.69. The molecule has 0 amide bonds. The van der Waals surface area contributed by atoms with Crippen LogP contribution in [-0.4, -0.2) is 9.55 Å². The number of nitrogens with zero attached hydrogens (tertiary/aromatic N) is 2. The Morgan fingerprint density at radius 1 is 1.35 bits per heavy atom. The first-order chi connectivity index (χ1) is 8.20. The molecule has 90 valence electrons. The topological polar surface area (TPSA) is 29.9 Å². The monoisotopic (exact) mass is 357 g/mol. The lowest BCUT2D eigenvalue weighted by atomic mass is 10.3. The molecular weight excluding hydrogens is 346 g/mol. The highest BCUT2D eigenvalue weighted by atomic mass is 79.9. The number of hydrogen-bond acceptors (Lipinski definition) is 2. The van der Waals surface area contributed by atoms with E-state index in [-0.39, 0.29) is 0 Å². The van der Waals surface area contributed by atoms with Crippen LogP contribution in [0.2, 0.25) is 0 Å². The molecule has 0 atom stereocenters. The van der Waals surface area contributed by atoms with E-state index in [2.05, 4.69) is 59.7 Å². The second-order valence-electron chi connectivity index (χ2n) is 3.65. The smallest absolute Gasteiger partial charge is 0.0948 e. The molecular formula is C12H13Br2N3. The molecule has 0 radical (unpaired) electrons. The van der Waals surface area contributed by atoms with Crippen LogP contribution in [0.1, 0.15) is 12.6 Å². The molecule has 0 aliphatic heterocycles. The van der Waals surface area contributed by atoms with Crippen molar-refractivity contribution in [3.63, 3.8) is 0 Å². The molecule has 1 heterocycles. The van der Waals surface area contributed by atoms with Crippen LogP contribution in [0.25, 0.3) is 0 Å². The third-order valence-electron chi connectivity index (χ3n) is 2.53. The molecule has 5 heteroatoms. The summed E-state index contributed by atoms with van der Waals surface area (Å²) in [6.07, 6.45) is 3.75. The first-order valence-electron chi connectivity index (χ1n) is 5.38. The highest BCUT2D eigenvalue weighted by molar-refractivity contribution is 9.11. The van der Waals surface area contributed by atoms with Crippen molar-refractivity contribution in [2.75, 3.05) is 5.32 Å². The Kier molecular flexibility index (Phi) is 4.23. The van der Waals surface area contributed by atoms with E-state index in [9.17, 15) is 0 Å². The van der Waals surface area contributed by atoms with Crippen molar-refractivity contribution in [1.29, 1.82) is 0 Å². The predicted molar refractivity (Wildman–Crippen MR) is 77.1 cm³/mol. The summed E-state index contributed by atoms with van der Waals surface area (Å²) in [4.78, 5) is 4.15. The number of benzene rings is 1. The lowest BCUT2D eigenvalue weighted by Gasteiger charge is -2.10. The van der Waals surface area contributed by atoms with Gasteiger partial charge in [0.25, 0.3) is 0 Å². The van der Waals surface area contributed by atoms with E-state index < -0.39 is 0 Å². The van der Waals surface area contributed by atoms with Crippen LogP contribution in [0.5, 0.6) is 0 Å². The van der Waals surface area contributed by atoms with Crippen LogP contribution in [0.3, 0.4) is 0 Å². The molecule has 0 saturated heterocycles. The van der Waals surface area contributed by atoms with E-state index in [1.165, 1.54) is 5.69 Å². The van der Waals surface area contributed by atoms with Crippen molar-refractivity contribution in [1.82, 2.24) is 9.55 Å². The zero-order valence-corrected chi connectivity index (χ0v) is 12.6. The lowest BCUT2D eigenvalue weighted by molar-refractivity contribution is 0.719. The average Bonchev–Trinajstić information content (AvgIpc) is 2.77. The standard InChI is InChI=1S/C12H13Br2N3/c1-2-17-8-15-6-10(17)7-16-12-5-9(13)3-4-11(12)14/h3-6,8,16H,2,7H2,1H3. The van der Waals surface area contributed by atoms with Gasteiger partial charge in [0.1, 0.15) is 0 Å². The SMILES string of the molecule is CCn1cncc1CNc1cc(Br)ccc1Br. The van der Waals surface area contributed by atoms with E-state index >= 15 is 0 Å². The number of aromatic nitrogens is 2. The molecule has 3 nitrogen and oxygen atoms in total. The van der Waals surface area contributed by atoms with Gasteiger partial charge in [-0.15, -0.1) is 0 Å². The highest BCUT2D eigenvalue weighted by Crippen LogP contribution is 2.26. The summed E-state index contributed by atoms with van der Waals surface area (Å²) in [5.41, 5.74) is 2.25. The van der Waals surface area contributed by atoms with Gasteiger partial charge in [0.15, 0.2) is 0 Å². The van der Waals surface area contributed by atoms with Crippen molar-refractivity contribution < 1.29 is 0 Å². The molecule has 0 aliphatic rings. The van der Waals surface area contributed by atoms with E-state index in [1.54, 1.807) is 0 Å². The van der Waals surface area contributed by atoms with E-state index in [0.29, 0.717) is 0 Å². The minimum atomic E-state index is 0.767. The van der Waals surface area contributed by atoms with Crippen LogP contribution in [-0.2, 0) is 13.1 Å². The molecule has 0 spiro atoms. The fourth-order valence-electron chi connectivity index (χ4n) is 1.60. The summed E-state index contributed by atoms with van der Waals surface area (Å²) in [5, 5.41) is 3.39. The van der Waals surface area contributed by atoms with Crippen LogP contribution >= 0.6 is 31.9 Å². The summed E-state index contributed by atoms with van der Waals surface area (Å²) < 4.78 is 4.24. The molecule has 0 fully saturated rings. The second-order valence-corrected chi connectivity index (χ2v) is 5.42. The van der Waals surface area contributed by atoms with Gasteiger partial charge in [-0.3, -0.25) is 0 Å². The minimum Gasteiger partial charge on any atom is -0.378 e. The highest BCUT2D eigenvalue weighted by Gasteiger charge is 2.03. The molecule has 1 N–H and O–H groups in total. The zero-order valence-electron chi connectivity index (χ0n) is 9.45. The third-order valence-corrected chi connectivity index (χ3v) is 3.71. The van der Waals surface area contributed by atoms with Gasteiger partial charge in [-0.25, -0.2) is 4.98 Å². The maximum absolute atomic E-state index is 4.15. The molecule has 2 rings (SSSR count). The Morgan fingerprint density at radius 3 is 2.94 bits per heavy atom. The van der Waals surface area contributed by atoms with E-state index in [4.69, 9.17) is 0 Å². The zero-order chi connectivity index (χ0) is 12.3. The first-order valence-corrected chi connectivity index (χ1v) is 6.97. The number of rotatable bonds is 4. The molecule has 0 saturated carbocycles. The van der Waals surface area contributed by atoms with Crippen LogP contribution < -0.4 is 5.32 Å². The summed E-state index contributed by atoms with van der Waals surface area (Å²) in [7, 11) is 0. The van der Waals surface area contributed by atoms with Crippen molar-refractivity contribution >= 4 is 37.5 Å². The molecule has 1 aromatic heterocycles. The number of anilines is 1. The van der Waals surface area contributed by atoms with Gasteiger partial charge >= 0.3 is 0 Å². The lowest BCUT2D eigenvalue weighted by Crippen LogP contribution is -2.06. The van der Waals surface area contributed by atoms with Crippen molar-refractivity contribution in [3.05, 3.63) is 45.4 Å². The maximum Gasteiger partial charge on any atom is 0.0948 e. The molecule has 1 aromatic carbocycles. The number of aryl methyl sites for hydroxylation is 1. The Labute approximate surface area is 118 Å². The Balaban J connectivity index is 2.09. The fourth-order valence-corrected chi connectivity index (χ4v) is 2.35. The molecule has 0 bridgehead atoms. The van der Waals surface area contributed by atoms with Crippen LogP contribution in [0.15, 0.2) is 39.7 Å². The van der Waals surface area contributed by atoms with Crippen molar-refractivity contribution in [2.24, 2.45) is 0 Å². The molecule has 2 aromatic rings. The largest absolute Gasteiger partial charge is 0.378 e. The van der Waals surface area contributed by atoms with Gasteiger partial charge in [-0.1, -0.05) is 15.9 Å². The number of halogens is 2. The normalized spacial score (nSPS) is 10.5. The van der Waals surface area contributed by atoms with E-state index in [1.807, 2.05) is 24.7 Å². The molecule has 0 unspecified atom stereocenters. The predicted octanol–water partition coefficient (Wildman–Crippen LogP) is 4.04. The van der Waals surface area contributed by atoms with Crippen LogP contribution in [0, 0.1) is 0 Å². The number of imidazole rings is 1. The maximum atomic E-state index is 4.15. The minimum absolute atomic E-state index is 0.767. The van der Waals surface area contributed by atoms with Gasteiger partial charge in [0, 0.05) is 27.4 Å². The summed E-state index contributed by atoms with van der Waals surface area (Å²) >= 11 is 6.99. The quantitative estimate of drug-likeness (QED) is 0.893. The third kappa shape index (κ3) is 3.10. The fraction of sp³-hybridized carbons (Fsp3) is 0.250. The summed E-state index contributed by atoms with van der Waals surface area (Å²) in [5.74, 6) is 0. The molecule has 17 heavy (non-hydrogen) atoms. The van der Waals surface area contributed by atoms with Crippen LogP contribution in [0.4, 0.5) is 5.69 Å².